The van der Waals surface area contributed by atoms with Gasteiger partial charge in [0.15, 0.2) is 5.69 Å². The van der Waals surface area contributed by atoms with Gasteiger partial charge in [0.2, 0.25) is 0 Å². The van der Waals surface area contributed by atoms with Crippen LogP contribution in [0.3, 0.4) is 0 Å². The first-order chi connectivity index (χ1) is 13.0. The van der Waals surface area contributed by atoms with E-state index in [1.54, 1.807) is 23.3 Å². The van der Waals surface area contributed by atoms with Gasteiger partial charge in [-0.15, -0.1) is 0 Å². The second kappa shape index (κ2) is 7.91. The fourth-order valence-corrected chi connectivity index (χ4v) is 2.94. The molecule has 0 aliphatic carbocycles. The molecule has 27 heavy (non-hydrogen) atoms. The molecule has 0 saturated heterocycles. The lowest BCUT2D eigenvalue weighted by atomic mass is 10.0. The molecule has 1 aliphatic rings. The minimum atomic E-state index is -0.694. The summed E-state index contributed by atoms with van der Waals surface area (Å²) < 4.78 is 28.8. The number of nitriles is 1. The predicted octanol–water partition coefficient (Wildman–Crippen LogP) is 3.33. The summed E-state index contributed by atoms with van der Waals surface area (Å²) in [7, 11) is 0. The molecule has 0 N–H and O–H groups in total. The number of hydrazone groups is 1. The third-order valence-electron chi connectivity index (χ3n) is 4.25. The van der Waals surface area contributed by atoms with E-state index in [-0.39, 0.29) is 5.91 Å². The molecule has 0 spiro atoms. The third-order valence-corrected chi connectivity index (χ3v) is 4.25. The molecule has 0 bridgehead atoms. The van der Waals surface area contributed by atoms with Crippen LogP contribution in [-0.4, -0.2) is 26.7 Å². The van der Waals surface area contributed by atoms with Crippen molar-refractivity contribution >= 4 is 12.1 Å². The Hall–Kier alpha value is -3.34. The Morgan fingerprint density at radius 3 is 2.74 bits per heavy atom. The maximum atomic E-state index is 13.5. The van der Waals surface area contributed by atoms with Crippen LogP contribution in [0.1, 0.15) is 36.6 Å². The Kier molecular flexibility index (Phi) is 5.41. The normalized spacial score (nSPS) is 15.7. The Bertz CT molecular complexity index is 924. The van der Waals surface area contributed by atoms with Crippen LogP contribution in [0, 0.1) is 23.0 Å². The van der Waals surface area contributed by atoms with Gasteiger partial charge in [0.05, 0.1) is 12.4 Å². The molecule has 8 heteroatoms. The SMILES string of the molecule is C=C(CCCn1cnc(C#N)c1)C(=O)N1N=CCC1c1cc(F)cc(F)c1. The van der Waals surface area contributed by atoms with E-state index in [0.717, 1.165) is 6.07 Å². The van der Waals surface area contributed by atoms with Gasteiger partial charge < -0.3 is 4.57 Å². The van der Waals surface area contributed by atoms with E-state index in [0.29, 0.717) is 42.6 Å². The first-order valence-electron chi connectivity index (χ1n) is 8.39. The van der Waals surface area contributed by atoms with E-state index in [4.69, 9.17) is 5.26 Å². The van der Waals surface area contributed by atoms with Crippen LogP contribution in [-0.2, 0) is 11.3 Å². The van der Waals surface area contributed by atoms with Crippen LogP contribution < -0.4 is 0 Å². The average Bonchev–Trinajstić information content (AvgIpc) is 3.29. The highest BCUT2D eigenvalue weighted by molar-refractivity contribution is 5.94. The van der Waals surface area contributed by atoms with E-state index in [1.807, 2.05) is 6.07 Å². The Morgan fingerprint density at radius 1 is 1.33 bits per heavy atom. The minimum Gasteiger partial charge on any atom is -0.336 e. The minimum absolute atomic E-state index is 0.335. The van der Waals surface area contributed by atoms with Gasteiger partial charge in [0, 0.05) is 37.0 Å². The summed E-state index contributed by atoms with van der Waals surface area (Å²) in [5.41, 5.74) is 1.05. The average molecular weight is 369 g/mol. The maximum absolute atomic E-state index is 13.5. The largest absolute Gasteiger partial charge is 0.336 e. The maximum Gasteiger partial charge on any atom is 0.269 e. The molecule has 1 atom stereocenters. The van der Waals surface area contributed by atoms with Crippen LogP contribution in [0.5, 0.6) is 0 Å². The summed E-state index contributed by atoms with van der Waals surface area (Å²) >= 11 is 0. The second-order valence-electron chi connectivity index (χ2n) is 6.22. The smallest absolute Gasteiger partial charge is 0.269 e. The molecule has 3 rings (SSSR count). The number of nitrogens with zero attached hydrogens (tertiary/aromatic N) is 5. The summed E-state index contributed by atoms with van der Waals surface area (Å²) in [5, 5.41) is 14.0. The number of hydrogen-bond acceptors (Lipinski definition) is 4. The van der Waals surface area contributed by atoms with Crippen LogP contribution in [0.15, 0.2) is 48.0 Å². The molecule has 2 heterocycles. The van der Waals surface area contributed by atoms with Gasteiger partial charge in [-0.3, -0.25) is 4.79 Å². The molecule has 1 amide bonds. The zero-order chi connectivity index (χ0) is 19.4. The lowest BCUT2D eigenvalue weighted by Crippen LogP contribution is -2.28. The van der Waals surface area contributed by atoms with Crippen LogP contribution in [0.25, 0.3) is 0 Å². The van der Waals surface area contributed by atoms with Gasteiger partial charge in [0.1, 0.15) is 17.7 Å². The fourth-order valence-electron chi connectivity index (χ4n) is 2.94. The molecule has 0 fully saturated rings. The van der Waals surface area contributed by atoms with Gasteiger partial charge >= 0.3 is 0 Å². The molecule has 138 valence electrons. The highest BCUT2D eigenvalue weighted by Gasteiger charge is 2.30. The summed E-state index contributed by atoms with van der Waals surface area (Å²) in [6.45, 7) is 4.41. The van der Waals surface area contributed by atoms with Crippen molar-refractivity contribution < 1.29 is 13.6 Å². The zero-order valence-electron chi connectivity index (χ0n) is 14.5. The van der Waals surface area contributed by atoms with Gasteiger partial charge in [-0.2, -0.15) is 10.4 Å². The molecule has 2 aromatic rings. The second-order valence-corrected chi connectivity index (χ2v) is 6.22. The number of halogens is 2. The third kappa shape index (κ3) is 4.26. The number of carbonyl (C=O) groups is 1. The number of aryl methyl sites for hydroxylation is 1. The predicted molar refractivity (Wildman–Crippen MR) is 94.4 cm³/mol. The number of amides is 1. The number of hydrogen-bond donors (Lipinski definition) is 0. The van der Waals surface area contributed by atoms with Crippen molar-refractivity contribution in [3.8, 4) is 6.07 Å². The van der Waals surface area contributed by atoms with E-state index in [2.05, 4.69) is 16.7 Å². The van der Waals surface area contributed by atoms with Crippen LogP contribution >= 0.6 is 0 Å². The number of benzene rings is 1. The van der Waals surface area contributed by atoms with Crippen LogP contribution in [0.4, 0.5) is 8.78 Å². The van der Waals surface area contributed by atoms with Crippen molar-refractivity contribution in [3.05, 3.63) is 65.8 Å². The highest BCUT2D eigenvalue weighted by Crippen LogP contribution is 2.30. The zero-order valence-corrected chi connectivity index (χ0v) is 14.5. The molecule has 1 aliphatic heterocycles. The monoisotopic (exact) mass is 369 g/mol. The van der Waals surface area contributed by atoms with Crippen molar-refractivity contribution in [2.45, 2.75) is 31.8 Å². The van der Waals surface area contributed by atoms with E-state index < -0.39 is 17.7 Å². The van der Waals surface area contributed by atoms with E-state index in [1.165, 1.54) is 17.1 Å². The Morgan fingerprint density at radius 2 is 2.07 bits per heavy atom. The molecule has 0 radical (unpaired) electrons. The number of imidazole rings is 1. The quantitative estimate of drug-likeness (QED) is 0.733. The van der Waals surface area contributed by atoms with Gasteiger partial charge in [-0.1, -0.05) is 6.58 Å². The molecule has 1 aromatic heterocycles. The van der Waals surface area contributed by atoms with E-state index >= 15 is 0 Å². The molecular formula is C19H17F2N5O. The van der Waals surface area contributed by atoms with Gasteiger partial charge in [-0.05, 0) is 30.5 Å². The lowest BCUT2D eigenvalue weighted by molar-refractivity contribution is -0.129. The Labute approximate surface area is 155 Å². The molecule has 1 aromatic carbocycles. The number of rotatable bonds is 6. The van der Waals surface area contributed by atoms with Crippen molar-refractivity contribution in [3.63, 3.8) is 0 Å². The number of carbonyl (C=O) groups excluding carboxylic acids is 1. The summed E-state index contributed by atoms with van der Waals surface area (Å²) in [5.74, 6) is -1.76. The van der Waals surface area contributed by atoms with Gasteiger partial charge in [0.25, 0.3) is 5.91 Å². The molecule has 0 saturated carbocycles. The molecular weight excluding hydrogens is 352 g/mol. The Balaban J connectivity index is 1.60. The number of aromatic nitrogens is 2. The summed E-state index contributed by atoms with van der Waals surface area (Å²) in [4.78, 5) is 16.6. The lowest BCUT2D eigenvalue weighted by Gasteiger charge is -2.23. The fraction of sp³-hybridized carbons (Fsp3) is 0.263. The first-order valence-corrected chi connectivity index (χ1v) is 8.39. The van der Waals surface area contributed by atoms with Crippen molar-refractivity contribution in [1.82, 2.24) is 14.6 Å². The standard InChI is InChI=1S/C19H17F2N5O/c1-13(3-2-6-25-11-17(10-22)23-12-25)19(27)26-18(4-5-24-26)14-7-15(20)9-16(21)8-14/h5,7-9,11-12,18H,1-4,6H2. The summed E-state index contributed by atoms with van der Waals surface area (Å²) in [6.07, 6.45) is 6.17. The topological polar surface area (TPSA) is 74.3 Å². The van der Waals surface area contributed by atoms with Crippen molar-refractivity contribution in [2.24, 2.45) is 5.10 Å². The summed E-state index contributed by atoms with van der Waals surface area (Å²) in [6, 6.07) is 4.60. The molecule has 6 nitrogen and oxygen atoms in total. The van der Waals surface area contributed by atoms with Crippen molar-refractivity contribution in [1.29, 1.82) is 5.26 Å². The molecule has 1 unspecified atom stereocenters. The van der Waals surface area contributed by atoms with Crippen molar-refractivity contribution in [2.75, 3.05) is 0 Å². The highest BCUT2D eigenvalue weighted by atomic mass is 19.1. The van der Waals surface area contributed by atoms with Crippen LogP contribution in [0.2, 0.25) is 0 Å². The van der Waals surface area contributed by atoms with Gasteiger partial charge in [-0.25, -0.2) is 18.8 Å². The first kappa shape index (κ1) is 18.5. The van der Waals surface area contributed by atoms with E-state index in [9.17, 15) is 13.6 Å².